The molecule has 18 heavy (non-hydrogen) atoms. The zero-order valence-corrected chi connectivity index (χ0v) is 10.2. The summed E-state index contributed by atoms with van der Waals surface area (Å²) in [5.74, 6) is 0. The summed E-state index contributed by atoms with van der Waals surface area (Å²) in [6, 6.07) is 8.83. The number of benzene rings is 1. The van der Waals surface area contributed by atoms with E-state index in [4.69, 9.17) is 27.4 Å². The maximum absolute atomic E-state index is 8.93. The summed E-state index contributed by atoms with van der Waals surface area (Å²) in [6.45, 7) is 1.78. The van der Waals surface area contributed by atoms with Crippen LogP contribution in [0.1, 0.15) is 11.1 Å². The van der Waals surface area contributed by atoms with Gasteiger partial charge in [-0.05, 0) is 18.6 Å². The molecule has 1 aromatic carbocycles. The molecule has 0 spiro atoms. The van der Waals surface area contributed by atoms with Crippen LogP contribution in [0.2, 0.25) is 5.02 Å². The lowest BCUT2D eigenvalue weighted by Crippen LogP contribution is -2.15. The number of aryl methyl sites for hydroxylation is 1. The van der Waals surface area contributed by atoms with Gasteiger partial charge in [0.05, 0.1) is 16.3 Å². The lowest BCUT2D eigenvalue weighted by atomic mass is 10.1. The minimum Gasteiger partial charge on any atom is -0.306 e. The molecular weight excluding hydrogens is 250 g/mol. The van der Waals surface area contributed by atoms with E-state index in [1.807, 2.05) is 6.07 Å². The van der Waals surface area contributed by atoms with Crippen LogP contribution in [0.5, 0.6) is 0 Å². The minimum atomic E-state index is -0.0776. The number of nitriles is 3. The van der Waals surface area contributed by atoms with Crippen molar-refractivity contribution in [2.75, 3.05) is 5.43 Å². The van der Waals surface area contributed by atoms with Gasteiger partial charge >= 0.3 is 0 Å². The van der Waals surface area contributed by atoms with E-state index in [9.17, 15) is 0 Å². The number of allylic oxidation sites excluding steroid dienone is 1. The maximum Gasteiger partial charge on any atom is 0.147 e. The van der Waals surface area contributed by atoms with Crippen molar-refractivity contribution in [3.63, 3.8) is 0 Å². The number of anilines is 1. The molecule has 0 aliphatic heterocycles. The summed E-state index contributed by atoms with van der Waals surface area (Å²) >= 11 is 6.02. The summed E-state index contributed by atoms with van der Waals surface area (Å²) in [5, 5.41) is 26.3. The van der Waals surface area contributed by atoms with E-state index >= 15 is 0 Å². The molecule has 88 valence electrons. The molecule has 1 aromatic rings. The number of hydrogen-bond donors (Lipinski definition) is 2. The van der Waals surface area contributed by atoms with Crippen LogP contribution in [-0.4, -0.2) is 0 Å². The van der Waals surface area contributed by atoms with Crippen LogP contribution >= 0.6 is 11.6 Å². The number of halogens is 1. The third-order valence-electron chi connectivity index (χ3n) is 2.13. The van der Waals surface area contributed by atoms with Gasteiger partial charge in [0, 0.05) is 6.20 Å². The summed E-state index contributed by atoms with van der Waals surface area (Å²) in [4.78, 5) is 0. The van der Waals surface area contributed by atoms with E-state index in [0.717, 1.165) is 5.56 Å². The van der Waals surface area contributed by atoms with Crippen molar-refractivity contribution >= 4 is 17.3 Å². The highest BCUT2D eigenvalue weighted by Gasteiger charge is 2.08. The molecule has 0 heterocycles. The Morgan fingerprint density at radius 2 is 1.94 bits per heavy atom. The van der Waals surface area contributed by atoms with Gasteiger partial charge in [-0.2, -0.15) is 15.8 Å². The van der Waals surface area contributed by atoms with Gasteiger partial charge in [-0.25, -0.2) is 0 Å². The Balaban J connectivity index is 2.90. The first-order valence-electron chi connectivity index (χ1n) is 4.85. The Morgan fingerprint density at radius 1 is 1.28 bits per heavy atom. The molecular formula is C12H8ClN5. The topological polar surface area (TPSA) is 95.4 Å². The average Bonchev–Trinajstić information content (AvgIpc) is 2.37. The van der Waals surface area contributed by atoms with E-state index in [0.29, 0.717) is 11.3 Å². The van der Waals surface area contributed by atoms with Crippen LogP contribution in [-0.2, 0) is 0 Å². The molecule has 0 aromatic heterocycles. The smallest absolute Gasteiger partial charge is 0.147 e. The highest BCUT2D eigenvalue weighted by Crippen LogP contribution is 2.27. The number of nitrogens with zero attached hydrogens (tertiary/aromatic N) is 3. The second kappa shape index (κ2) is 6.15. The summed E-state index contributed by atoms with van der Waals surface area (Å²) in [6.07, 6.45) is 1.21. The molecule has 5 nitrogen and oxygen atoms in total. The van der Waals surface area contributed by atoms with Crippen molar-refractivity contribution < 1.29 is 0 Å². The number of hydrazine groups is 1. The molecule has 0 aliphatic carbocycles. The molecule has 0 saturated carbocycles. The van der Waals surface area contributed by atoms with E-state index in [1.165, 1.54) is 6.20 Å². The van der Waals surface area contributed by atoms with E-state index in [2.05, 4.69) is 10.9 Å². The third kappa shape index (κ3) is 2.92. The fourth-order valence-corrected chi connectivity index (χ4v) is 1.48. The normalized spacial score (nSPS) is 8.39. The van der Waals surface area contributed by atoms with Crippen LogP contribution in [0.15, 0.2) is 23.9 Å². The first-order valence-corrected chi connectivity index (χ1v) is 5.23. The van der Waals surface area contributed by atoms with Gasteiger partial charge in [0.25, 0.3) is 0 Å². The number of hydrogen-bond acceptors (Lipinski definition) is 5. The summed E-state index contributed by atoms with van der Waals surface area (Å²) in [7, 11) is 0. The van der Waals surface area contributed by atoms with Crippen molar-refractivity contribution in [3.05, 3.63) is 40.1 Å². The number of nitrogens with one attached hydrogen (secondary N) is 2. The van der Waals surface area contributed by atoms with Gasteiger partial charge in [0.1, 0.15) is 23.8 Å². The molecule has 0 atom stereocenters. The SMILES string of the molecule is Cc1ccc(NNC=C(C#N)C#N)c(Cl)c1C#N. The van der Waals surface area contributed by atoms with Gasteiger partial charge in [-0.1, -0.05) is 17.7 Å². The quantitative estimate of drug-likeness (QED) is 0.640. The minimum absolute atomic E-state index is 0.0776. The molecule has 2 N–H and O–H groups in total. The lowest BCUT2D eigenvalue weighted by Gasteiger charge is -2.10. The van der Waals surface area contributed by atoms with Crippen molar-refractivity contribution in [2.45, 2.75) is 6.92 Å². The Kier molecular flexibility index (Phi) is 4.58. The first-order chi connectivity index (χ1) is 8.63. The lowest BCUT2D eigenvalue weighted by molar-refractivity contribution is 1.05. The van der Waals surface area contributed by atoms with Gasteiger partial charge in [-0.3, -0.25) is 5.43 Å². The first kappa shape index (κ1) is 13.4. The second-order valence-electron chi connectivity index (χ2n) is 3.28. The van der Waals surface area contributed by atoms with Crippen LogP contribution in [0.4, 0.5) is 5.69 Å². The Morgan fingerprint density at radius 3 is 2.50 bits per heavy atom. The van der Waals surface area contributed by atoms with Crippen molar-refractivity contribution in [1.29, 1.82) is 15.8 Å². The average molecular weight is 258 g/mol. The number of rotatable bonds is 3. The highest BCUT2D eigenvalue weighted by molar-refractivity contribution is 6.34. The highest BCUT2D eigenvalue weighted by atomic mass is 35.5. The Bertz CT molecular complexity index is 597. The van der Waals surface area contributed by atoms with Crippen molar-refractivity contribution in [3.8, 4) is 18.2 Å². The summed E-state index contributed by atoms with van der Waals surface area (Å²) in [5.41, 5.74) is 6.84. The molecule has 0 radical (unpaired) electrons. The molecule has 0 bridgehead atoms. The zero-order valence-electron chi connectivity index (χ0n) is 9.45. The molecule has 6 heteroatoms. The van der Waals surface area contributed by atoms with E-state index in [1.54, 1.807) is 31.2 Å². The standard InChI is InChI=1S/C12H8ClN5/c1-8-2-3-11(12(13)10(8)6-16)18-17-7-9(4-14)5-15/h2-3,7,17-18H,1H3. The van der Waals surface area contributed by atoms with Crippen LogP contribution in [0.25, 0.3) is 0 Å². The Labute approximate surface area is 109 Å². The fourth-order valence-electron chi connectivity index (χ4n) is 1.18. The molecule has 0 amide bonds. The van der Waals surface area contributed by atoms with Crippen LogP contribution < -0.4 is 10.9 Å². The predicted molar refractivity (Wildman–Crippen MR) is 67.0 cm³/mol. The van der Waals surface area contributed by atoms with Crippen molar-refractivity contribution in [2.24, 2.45) is 0 Å². The molecule has 0 saturated heterocycles. The summed E-state index contributed by atoms with van der Waals surface area (Å²) < 4.78 is 0. The zero-order chi connectivity index (χ0) is 13.5. The maximum atomic E-state index is 8.93. The molecule has 0 fully saturated rings. The van der Waals surface area contributed by atoms with E-state index < -0.39 is 0 Å². The molecule has 0 unspecified atom stereocenters. The monoisotopic (exact) mass is 257 g/mol. The Hall–Kier alpha value is -2.68. The van der Waals surface area contributed by atoms with Crippen LogP contribution in [0.3, 0.4) is 0 Å². The van der Waals surface area contributed by atoms with Gasteiger partial charge in [0.15, 0.2) is 0 Å². The van der Waals surface area contributed by atoms with Gasteiger partial charge < -0.3 is 5.43 Å². The van der Waals surface area contributed by atoms with E-state index in [-0.39, 0.29) is 10.6 Å². The predicted octanol–water partition coefficient (Wildman–Crippen LogP) is 2.37. The molecule has 1 rings (SSSR count). The third-order valence-corrected chi connectivity index (χ3v) is 2.52. The fraction of sp³-hybridized carbons (Fsp3) is 0.0833. The van der Waals surface area contributed by atoms with Crippen LogP contribution in [0, 0.1) is 40.9 Å². The van der Waals surface area contributed by atoms with Crippen molar-refractivity contribution in [1.82, 2.24) is 5.43 Å². The van der Waals surface area contributed by atoms with Gasteiger partial charge in [-0.15, -0.1) is 0 Å². The second-order valence-corrected chi connectivity index (χ2v) is 3.66. The van der Waals surface area contributed by atoms with Gasteiger partial charge in [0.2, 0.25) is 0 Å². The molecule has 0 aliphatic rings. The largest absolute Gasteiger partial charge is 0.306 e.